The van der Waals surface area contributed by atoms with Crippen molar-refractivity contribution in [3.8, 4) is 0 Å². The SMILES string of the molecule is CCCCCCCCCCCCCCCCCC(Cl)C(N)=O. The van der Waals surface area contributed by atoms with E-state index < -0.39 is 5.38 Å². The largest absolute Gasteiger partial charge is 0.368 e. The molecule has 1 amide bonds. The third-order valence-electron chi connectivity index (χ3n) is 4.37. The Balaban J connectivity index is 3.04. The highest BCUT2D eigenvalue weighted by Crippen LogP contribution is 2.14. The molecule has 0 saturated carbocycles. The minimum absolute atomic E-state index is 0.382. The first-order valence-corrected chi connectivity index (χ1v) is 10.1. The fourth-order valence-corrected chi connectivity index (χ4v) is 2.99. The van der Waals surface area contributed by atoms with E-state index in [1.807, 2.05) is 0 Å². The summed E-state index contributed by atoms with van der Waals surface area (Å²) in [6.07, 6.45) is 21.0. The van der Waals surface area contributed by atoms with Crippen LogP contribution in [0.3, 0.4) is 0 Å². The molecule has 0 aromatic carbocycles. The zero-order valence-corrected chi connectivity index (χ0v) is 15.5. The van der Waals surface area contributed by atoms with Crippen molar-refractivity contribution in [2.24, 2.45) is 5.73 Å². The first-order chi connectivity index (χ1) is 10.7. The molecular formula is C19H38ClNO. The fraction of sp³-hybridized carbons (Fsp3) is 0.947. The van der Waals surface area contributed by atoms with Gasteiger partial charge in [-0.05, 0) is 6.42 Å². The van der Waals surface area contributed by atoms with E-state index in [0.29, 0.717) is 0 Å². The van der Waals surface area contributed by atoms with Crippen LogP contribution in [0.4, 0.5) is 0 Å². The van der Waals surface area contributed by atoms with Crippen molar-refractivity contribution in [2.75, 3.05) is 0 Å². The molecule has 3 heteroatoms. The van der Waals surface area contributed by atoms with Gasteiger partial charge in [0.1, 0.15) is 5.38 Å². The number of nitrogens with two attached hydrogens (primary N) is 1. The third kappa shape index (κ3) is 16.1. The lowest BCUT2D eigenvalue weighted by atomic mass is 10.0. The Labute approximate surface area is 143 Å². The number of amides is 1. The molecule has 0 aliphatic heterocycles. The van der Waals surface area contributed by atoms with Gasteiger partial charge in [-0.2, -0.15) is 0 Å². The Morgan fingerprint density at radius 1 is 0.727 bits per heavy atom. The highest BCUT2D eigenvalue weighted by Gasteiger charge is 2.09. The topological polar surface area (TPSA) is 43.1 Å². The predicted molar refractivity (Wildman–Crippen MR) is 98.4 cm³/mol. The molecule has 0 spiro atoms. The van der Waals surface area contributed by atoms with Crippen LogP contribution in [0.15, 0.2) is 0 Å². The summed E-state index contributed by atoms with van der Waals surface area (Å²) in [5.41, 5.74) is 5.13. The molecule has 0 saturated heterocycles. The molecule has 0 bridgehead atoms. The first kappa shape index (κ1) is 21.8. The molecule has 0 aliphatic carbocycles. The molecule has 2 nitrogen and oxygen atoms in total. The van der Waals surface area contributed by atoms with Gasteiger partial charge in [0.05, 0.1) is 0 Å². The van der Waals surface area contributed by atoms with Crippen molar-refractivity contribution in [1.82, 2.24) is 0 Å². The summed E-state index contributed by atoms with van der Waals surface area (Å²) >= 11 is 5.80. The highest BCUT2D eigenvalue weighted by atomic mass is 35.5. The molecular weight excluding hydrogens is 294 g/mol. The first-order valence-electron chi connectivity index (χ1n) is 9.62. The Bertz CT molecular complexity index is 246. The Morgan fingerprint density at radius 3 is 1.36 bits per heavy atom. The van der Waals surface area contributed by atoms with E-state index in [0.717, 1.165) is 12.8 Å². The summed E-state index contributed by atoms with van der Waals surface area (Å²) in [5, 5.41) is -0.470. The van der Waals surface area contributed by atoms with Gasteiger partial charge < -0.3 is 5.73 Å². The van der Waals surface area contributed by atoms with Crippen molar-refractivity contribution in [3.63, 3.8) is 0 Å². The van der Waals surface area contributed by atoms with Crippen molar-refractivity contribution in [2.45, 2.75) is 115 Å². The van der Waals surface area contributed by atoms with Crippen molar-refractivity contribution in [1.29, 1.82) is 0 Å². The second kappa shape index (κ2) is 17.1. The number of alkyl halides is 1. The van der Waals surface area contributed by atoms with Crippen LogP contribution in [0.25, 0.3) is 0 Å². The summed E-state index contributed by atoms with van der Waals surface area (Å²) in [7, 11) is 0. The van der Waals surface area contributed by atoms with Crippen LogP contribution in [0.1, 0.15) is 110 Å². The lowest BCUT2D eigenvalue weighted by Gasteiger charge is -2.05. The van der Waals surface area contributed by atoms with Gasteiger partial charge in [0.25, 0.3) is 0 Å². The van der Waals surface area contributed by atoms with Crippen LogP contribution < -0.4 is 5.73 Å². The molecule has 22 heavy (non-hydrogen) atoms. The monoisotopic (exact) mass is 331 g/mol. The van der Waals surface area contributed by atoms with Crippen LogP contribution >= 0.6 is 11.6 Å². The fourth-order valence-electron chi connectivity index (χ4n) is 2.84. The third-order valence-corrected chi connectivity index (χ3v) is 4.80. The van der Waals surface area contributed by atoms with Crippen molar-refractivity contribution < 1.29 is 4.79 Å². The van der Waals surface area contributed by atoms with Gasteiger partial charge in [-0.25, -0.2) is 0 Å². The normalized spacial score (nSPS) is 12.5. The number of hydrogen-bond donors (Lipinski definition) is 1. The summed E-state index contributed by atoms with van der Waals surface area (Å²) in [6.45, 7) is 2.27. The number of hydrogen-bond acceptors (Lipinski definition) is 1. The Morgan fingerprint density at radius 2 is 1.05 bits per heavy atom. The Hall–Kier alpha value is -0.240. The summed E-state index contributed by atoms with van der Waals surface area (Å²) in [4.78, 5) is 10.8. The van der Waals surface area contributed by atoms with Crippen LogP contribution in [-0.4, -0.2) is 11.3 Å². The smallest absolute Gasteiger partial charge is 0.235 e. The number of unbranched alkanes of at least 4 members (excludes halogenated alkanes) is 14. The minimum atomic E-state index is -0.470. The number of carbonyl (C=O) groups excluding carboxylic acids is 1. The van der Waals surface area contributed by atoms with Gasteiger partial charge >= 0.3 is 0 Å². The molecule has 0 heterocycles. The van der Waals surface area contributed by atoms with E-state index in [2.05, 4.69) is 6.92 Å². The van der Waals surface area contributed by atoms with E-state index >= 15 is 0 Å². The lowest BCUT2D eigenvalue weighted by molar-refractivity contribution is -0.117. The van der Waals surface area contributed by atoms with E-state index in [4.69, 9.17) is 17.3 Å². The summed E-state index contributed by atoms with van der Waals surface area (Å²) < 4.78 is 0. The molecule has 132 valence electrons. The van der Waals surface area contributed by atoms with Gasteiger partial charge in [-0.15, -0.1) is 11.6 Å². The molecule has 0 aromatic heterocycles. The standard InChI is InChI=1S/C19H38ClNO/c1-2-3-4-5-6-7-8-9-10-11-12-13-14-15-16-17-18(20)19(21)22/h18H,2-17H2,1H3,(H2,21,22). The molecule has 2 N–H and O–H groups in total. The van der Waals surface area contributed by atoms with Gasteiger partial charge in [-0.3, -0.25) is 4.79 Å². The summed E-state index contributed by atoms with van der Waals surface area (Å²) in [6, 6.07) is 0. The maximum Gasteiger partial charge on any atom is 0.235 e. The number of halogens is 1. The minimum Gasteiger partial charge on any atom is -0.368 e. The van der Waals surface area contributed by atoms with E-state index in [1.54, 1.807) is 0 Å². The number of primary amides is 1. The Kier molecular flexibility index (Phi) is 16.9. The van der Waals surface area contributed by atoms with E-state index in [-0.39, 0.29) is 5.91 Å². The van der Waals surface area contributed by atoms with Gasteiger partial charge in [-0.1, -0.05) is 103 Å². The molecule has 0 aliphatic rings. The average Bonchev–Trinajstić information content (AvgIpc) is 2.50. The molecule has 1 unspecified atom stereocenters. The maximum absolute atomic E-state index is 10.8. The van der Waals surface area contributed by atoms with E-state index in [9.17, 15) is 4.79 Å². The predicted octanol–water partition coefficient (Wildman–Crippen LogP) is 6.34. The van der Waals surface area contributed by atoms with Crippen LogP contribution in [0.5, 0.6) is 0 Å². The van der Waals surface area contributed by atoms with Crippen LogP contribution in [-0.2, 0) is 4.79 Å². The quantitative estimate of drug-likeness (QED) is 0.245. The van der Waals surface area contributed by atoms with Crippen molar-refractivity contribution >= 4 is 17.5 Å². The van der Waals surface area contributed by atoms with Gasteiger partial charge in [0.2, 0.25) is 5.91 Å². The molecule has 0 fully saturated rings. The van der Waals surface area contributed by atoms with Crippen molar-refractivity contribution in [3.05, 3.63) is 0 Å². The lowest BCUT2D eigenvalue weighted by Crippen LogP contribution is -2.23. The number of carbonyl (C=O) groups is 1. The molecule has 1 atom stereocenters. The second-order valence-corrected chi connectivity index (χ2v) is 7.14. The number of rotatable bonds is 17. The molecule has 0 aromatic rings. The van der Waals surface area contributed by atoms with Crippen LogP contribution in [0, 0.1) is 0 Å². The maximum atomic E-state index is 10.8. The van der Waals surface area contributed by atoms with E-state index in [1.165, 1.54) is 89.9 Å². The second-order valence-electron chi connectivity index (χ2n) is 6.61. The highest BCUT2D eigenvalue weighted by molar-refractivity contribution is 6.30. The summed E-state index contributed by atoms with van der Waals surface area (Å²) in [5.74, 6) is -0.382. The molecule has 0 rings (SSSR count). The van der Waals surface area contributed by atoms with Gasteiger partial charge in [0, 0.05) is 0 Å². The van der Waals surface area contributed by atoms with Crippen LogP contribution in [0.2, 0.25) is 0 Å². The zero-order chi connectivity index (χ0) is 16.5. The molecule has 0 radical (unpaired) electrons. The zero-order valence-electron chi connectivity index (χ0n) is 14.8. The average molecular weight is 332 g/mol. The van der Waals surface area contributed by atoms with Gasteiger partial charge in [0.15, 0.2) is 0 Å².